The molecule has 0 spiro atoms. The van der Waals surface area contributed by atoms with Crippen LogP contribution in [0.5, 0.6) is 11.5 Å². The summed E-state index contributed by atoms with van der Waals surface area (Å²) < 4.78 is 10.6. The maximum absolute atomic E-state index is 5.82. The van der Waals surface area contributed by atoms with Gasteiger partial charge < -0.3 is 15.2 Å². The van der Waals surface area contributed by atoms with Gasteiger partial charge in [-0.3, -0.25) is 4.99 Å². The van der Waals surface area contributed by atoms with Crippen molar-refractivity contribution in [3.8, 4) is 11.5 Å². The molecule has 0 radical (unpaired) electrons. The zero-order valence-electron chi connectivity index (χ0n) is 9.67. The number of nitrogen functional groups attached to an aromatic ring is 1. The minimum absolute atomic E-state index is 0.279. The maximum atomic E-state index is 5.82. The Kier molecular flexibility index (Phi) is 2.61. The highest BCUT2D eigenvalue weighted by Gasteiger charge is 2.12. The Morgan fingerprint density at radius 3 is 2.78 bits per heavy atom. The van der Waals surface area contributed by atoms with Crippen LogP contribution in [-0.2, 0) is 0 Å². The molecule has 0 unspecified atom stereocenters. The van der Waals surface area contributed by atoms with Crippen molar-refractivity contribution in [1.29, 1.82) is 0 Å². The predicted octanol–water partition coefficient (Wildman–Crippen LogP) is 2.75. The molecule has 0 amide bonds. The topological polar surface area (TPSA) is 56.8 Å². The SMILES string of the molecule is Nc1ccccc1N=Cc1ccc2c(c1)OCO2. The number of nitrogens with zero attached hydrogens (tertiary/aromatic N) is 1. The monoisotopic (exact) mass is 240 g/mol. The number of para-hydroxylation sites is 2. The molecule has 2 N–H and O–H groups in total. The van der Waals surface area contributed by atoms with Crippen LogP contribution in [0.2, 0.25) is 0 Å². The van der Waals surface area contributed by atoms with Gasteiger partial charge in [0.1, 0.15) is 0 Å². The van der Waals surface area contributed by atoms with Crippen LogP contribution in [0, 0.1) is 0 Å². The van der Waals surface area contributed by atoms with Crippen molar-refractivity contribution in [1.82, 2.24) is 0 Å². The lowest BCUT2D eigenvalue weighted by molar-refractivity contribution is 0.174. The number of hydrogen-bond acceptors (Lipinski definition) is 4. The summed E-state index contributed by atoms with van der Waals surface area (Å²) in [5.74, 6) is 1.52. The average Bonchev–Trinajstić information content (AvgIpc) is 2.85. The Labute approximate surface area is 105 Å². The summed E-state index contributed by atoms with van der Waals surface area (Å²) in [5.41, 5.74) is 8.18. The minimum atomic E-state index is 0.279. The number of aliphatic imine (C=N–C) groups is 1. The zero-order chi connectivity index (χ0) is 12.4. The maximum Gasteiger partial charge on any atom is 0.231 e. The van der Waals surface area contributed by atoms with Gasteiger partial charge in [-0.1, -0.05) is 12.1 Å². The summed E-state index contributed by atoms with van der Waals surface area (Å²) in [5, 5.41) is 0. The molecule has 1 aliphatic rings. The predicted molar refractivity (Wildman–Crippen MR) is 70.7 cm³/mol. The number of anilines is 1. The zero-order valence-corrected chi connectivity index (χ0v) is 9.67. The Morgan fingerprint density at radius 2 is 1.89 bits per heavy atom. The van der Waals surface area contributed by atoms with Crippen LogP contribution in [0.1, 0.15) is 5.56 Å². The number of nitrogens with two attached hydrogens (primary N) is 1. The molecule has 3 rings (SSSR count). The summed E-state index contributed by atoms with van der Waals surface area (Å²) in [4.78, 5) is 4.36. The van der Waals surface area contributed by atoms with E-state index >= 15 is 0 Å². The van der Waals surface area contributed by atoms with Crippen LogP contribution in [0.4, 0.5) is 11.4 Å². The molecule has 2 aromatic carbocycles. The van der Waals surface area contributed by atoms with E-state index in [0.29, 0.717) is 5.69 Å². The highest BCUT2D eigenvalue weighted by Crippen LogP contribution is 2.32. The molecule has 0 atom stereocenters. The highest BCUT2D eigenvalue weighted by molar-refractivity contribution is 5.84. The van der Waals surface area contributed by atoms with Gasteiger partial charge >= 0.3 is 0 Å². The van der Waals surface area contributed by atoms with E-state index in [-0.39, 0.29) is 6.79 Å². The van der Waals surface area contributed by atoms with E-state index in [1.54, 1.807) is 6.21 Å². The molecule has 1 aliphatic heterocycles. The molecule has 0 aliphatic carbocycles. The average molecular weight is 240 g/mol. The fraction of sp³-hybridized carbons (Fsp3) is 0.0714. The van der Waals surface area contributed by atoms with Gasteiger partial charge in [0, 0.05) is 6.21 Å². The molecule has 0 bridgehead atoms. The van der Waals surface area contributed by atoms with E-state index in [0.717, 1.165) is 22.7 Å². The lowest BCUT2D eigenvalue weighted by atomic mass is 10.2. The van der Waals surface area contributed by atoms with Crippen LogP contribution in [0.15, 0.2) is 47.5 Å². The lowest BCUT2D eigenvalue weighted by Gasteiger charge is -1.99. The molecular weight excluding hydrogens is 228 g/mol. The molecule has 1 heterocycles. The van der Waals surface area contributed by atoms with E-state index in [1.807, 2.05) is 42.5 Å². The molecule has 0 fully saturated rings. The molecule has 2 aromatic rings. The third-order valence-corrected chi connectivity index (χ3v) is 2.69. The number of rotatable bonds is 2. The van der Waals surface area contributed by atoms with Gasteiger partial charge in [0.15, 0.2) is 11.5 Å². The van der Waals surface area contributed by atoms with E-state index in [9.17, 15) is 0 Å². The Morgan fingerprint density at radius 1 is 1.06 bits per heavy atom. The number of hydrogen-bond donors (Lipinski definition) is 1. The standard InChI is InChI=1S/C14H12N2O2/c15-11-3-1-2-4-12(11)16-8-10-5-6-13-14(7-10)18-9-17-13/h1-8H,9,15H2. The van der Waals surface area contributed by atoms with Crippen molar-refractivity contribution in [3.05, 3.63) is 48.0 Å². The highest BCUT2D eigenvalue weighted by atomic mass is 16.7. The summed E-state index contributed by atoms with van der Waals surface area (Å²) in [6.45, 7) is 0.279. The first-order valence-corrected chi connectivity index (χ1v) is 5.61. The first-order chi connectivity index (χ1) is 8.83. The molecule has 0 saturated carbocycles. The van der Waals surface area contributed by atoms with E-state index < -0.39 is 0 Å². The Hall–Kier alpha value is -2.49. The van der Waals surface area contributed by atoms with Crippen molar-refractivity contribution >= 4 is 17.6 Å². The van der Waals surface area contributed by atoms with Crippen LogP contribution in [-0.4, -0.2) is 13.0 Å². The molecule has 4 heteroatoms. The second kappa shape index (κ2) is 4.41. The van der Waals surface area contributed by atoms with Gasteiger partial charge in [-0.15, -0.1) is 0 Å². The van der Waals surface area contributed by atoms with E-state index in [1.165, 1.54) is 0 Å². The van der Waals surface area contributed by atoms with Crippen LogP contribution in [0.3, 0.4) is 0 Å². The first-order valence-electron chi connectivity index (χ1n) is 5.61. The van der Waals surface area contributed by atoms with Gasteiger partial charge in [-0.25, -0.2) is 0 Å². The molecule has 0 saturated heterocycles. The van der Waals surface area contributed by atoms with Gasteiger partial charge in [-0.2, -0.15) is 0 Å². The molecule has 90 valence electrons. The molecule has 0 aromatic heterocycles. The van der Waals surface area contributed by atoms with Gasteiger partial charge in [0.05, 0.1) is 11.4 Å². The van der Waals surface area contributed by atoms with Crippen LogP contribution in [0.25, 0.3) is 0 Å². The number of fused-ring (bicyclic) bond motifs is 1. The van der Waals surface area contributed by atoms with Crippen LogP contribution >= 0.6 is 0 Å². The second-order valence-corrected chi connectivity index (χ2v) is 3.93. The van der Waals surface area contributed by atoms with E-state index in [4.69, 9.17) is 15.2 Å². The summed E-state index contributed by atoms with van der Waals surface area (Å²) in [7, 11) is 0. The number of benzene rings is 2. The molecule has 18 heavy (non-hydrogen) atoms. The number of ether oxygens (including phenoxy) is 2. The fourth-order valence-corrected chi connectivity index (χ4v) is 1.74. The minimum Gasteiger partial charge on any atom is -0.454 e. The third-order valence-electron chi connectivity index (χ3n) is 2.69. The lowest BCUT2D eigenvalue weighted by Crippen LogP contribution is -1.92. The van der Waals surface area contributed by atoms with Crippen molar-refractivity contribution in [2.75, 3.05) is 12.5 Å². The summed E-state index contributed by atoms with van der Waals surface area (Å²) in [6, 6.07) is 13.2. The van der Waals surface area contributed by atoms with Crippen molar-refractivity contribution < 1.29 is 9.47 Å². The summed E-state index contributed by atoms with van der Waals surface area (Å²) in [6.07, 6.45) is 1.76. The van der Waals surface area contributed by atoms with Crippen molar-refractivity contribution in [2.45, 2.75) is 0 Å². The van der Waals surface area contributed by atoms with Crippen molar-refractivity contribution in [3.63, 3.8) is 0 Å². The van der Waals surface area contributed by atoms with Crippen molar-refractivity contribution in [2.24, 2.45) is 4.99 Å². The van der Waals surface area contributed by atoms with Gasteiger partial charge in [-0.05, 0) is 35.9 Å². The largest absolute Gasteiger partial charge is 0.454 e. The normalized spacial score (nSPS) is 13.1. The van der Waals surface area contributed by atoms with Gasteiger partial charge in [0.25, 0.3) is 0 Å². The molecule has 4 nitrogen and oxygen atoms in total. The molecular formula is C14H12N2O2. The third kappa shape index (κ3) is 2.00. The van der Waals surface area contributed by atoms with Crippen LogP contribution < -0.4 is 15.2 Å². The van der Waals surface area contributed by atoms with Gasteiger partial charge in [0.2, 0.25) is 6.79 Å². The quantitative estimate of drug-likeness (QED) is 0.648. The van der Waals surface area contributed by atoms with E-state index in [2.05, 4.69) is 4.99 Å². The second-order valence-electron chi connectivity index (χ2n) is 3.93. The summed E-state index contributed by atoms with van der Waals surface area (Å²) >= 11 is 0. The Balaban J connectivity index is 1.87. The fourth-order valence-electron chi connectivity index (χ4n) is 1.74. The smallest absolute Gasteiger partial charge is 0.231 e. The Bertz CT molecular complexity index is 608. The first kappa shape index (κ1) is 10.7.